The van der Waals surface area contributed by atoms with Gasteiger partial charge >= 0.3 is 5.82 Å². The van der Waals surface area contributed by atoms with E-state index in [4.69, 9.17) is 0 Å². The van der Waals surface area contributed by atoms with Crippen LogP contribution in [-0.2, 0) is 7.05 Å². The van der Waals surface area contributed by atoms with Gasteiger partial charge in [-0.2, -0.15) is 0 Å². The van der Waals surface area contributed by atoms with Crippen LogP contribution in [0.2, 0.25) is 0 Å². The lowest BCUT2D eigenvalue weighted by Gasteiger charge is -2.05. The first kappa shape index (κ1) is 13.2. The van der Waals surface area contributed by atoms with Gasteiger partial charge in [0.25, 0.3) is 5.91 Å². The molecule has 0 saturated carbocycles. The highest BCUT2D eigenvalue weighted by molar-refractivity contribution is 9.10. The average Bonchev–Trinajstić information content (AvgIpc) is 2.74. The van der Waals surface area contributed by atoms with E-state index in [-0.39, 0.29) is 11.5 Å². The van der Waals surface area contributed by atoms with Gasteiger partial charge < -0.3 is 15.4 Å². The van der Waals surface area contributed by atoms with Crippen molar-refractivity contribution >= 4 is 33.3 Å². The van der Waals surface area contributed by atoms with Gasteiger partial charge in [-0.3, -0.25) is 9.78 Å². The second-order valence-electron chi connectivity index (χ2n) is 3.70. The maximum Gasteiger partial charge on any atom is 0.323 e. The van der Waals surface area contributed by atoms with E-state index in [9.17, 15) is 14.9 Å². The maximum absolute atomic E-state index is 12.0. The van der Waals surface area contributed by atoms with Crippen molar-refractivity contribution in [2.75, 3.05) is 5.32 Å². The molecule has 2 heterocycles. The fraction of sp³-hybridized carbons (Fsp3) is 0.0909. The number of pyridine rings is 1. The van der Waals surface area contributed by atoms with Gasteiger partial charge in [0.2, 0.25) is 0 Å². The number of hydrogen-bond acceptors (Lipinski definition) is 4. The molecular formula is C11H9BrN4O3. The zero-order chi connectivity index (χ0) is 14.0. The number of nitrogens with one attached hydrogen (secondary N) is 1. The van der Waals surface area contributed by atoms with Gasteiger partial charge in [-0.25, -0.2) is 4.57 Å². The molecule has 0 aliphatic rings. The summed E-state index contributed by atoms with van der Waals surface area (Å²) in [7, 11) is 1.47. The highest BCUT2D eigenvalue weighted by Gasteiger charge is 2.20. The Hall–Kier alpha value is -2.22. The molecule has 7 nitrogen and oxygen atoms in total. The molecule has 0 aliphatic heterocycles. The van der Waals surface area contributed by atoms with E-state index < -0.39 is 10.8 Å². The minimum atomic E-state index is -0.543. The highest BCUT2D eigenvalue weighted by Crippen LogP contribution is 2.22. The molecule has 1 N–H and O–H groups in total. The summed E-state index contributed by atoms with van der Waals surface area (Å²) in [6, 6.07) is 4.32. The molecule has 0 atom stereocenters. The second kappa shape index (κ2) is 5.19. The van der Waals surface area contributed by atoms with Crippen molar-refractivity contribution in [3.63, 3.8) is 0 Å². The Labute approximate surface area is 116 Å². The van der Waals surface area contributed by atoms with E-state index in [1.165, 1.54) is 29.9 Å². The Morgan fingerprint density at radius 1 is 1.47 bits per heavy atom. The average molecular weight is 325 g/mol. The molecule has 2 rings (SSSR count). The number of rotatable bonds is 3. The number of aromatic nitrogens is 2. The second-order valence-corrected chi connectivity index (χ2v) is 4.56. The van der Waals surface area contributed by atoms with Gasteiger partial charge in [0.05, 0.1) is 17.2 Å². The standard InChI is InChI=1S/C11H9BrN4O3/c1-15-9(2-3-10(15)16(18)19)11(17)14-8-4-5-13-6-7(8)12/h2-6H,1H3,(H,13,14,17). The van der Waals surface area contributed by atoms with Gasteiger partial charge in [0.15, 0.2) is 5.69 Å². The number of nitro groups is 1. The molecule has 0 unspecified atom stereocenters. The predicted molar refractivity (Wildman–Crippen MR) is 72.0 cm³/mol. The molecule has 0 saturated heterocycles. The molecule has 2 aromatic rings. The van der Waals surface area contributed by atoms with Crippen LogP contribution in [0.1, 0.15) is 10.5 Å². The lowest BCUT2D eigenvalue weighted by Crippen LogP contribution is -2.16. The summed E-state index contributed by atoms with van der Waals surface area (Å²) in [5, 5.41) is 13.4. The molecule has 0 radical (unpaired) electrons. The molecule has 8 heteroatoms. The minimum Gasteiger partial charge on any atom is -0.358 e. The lowest BCUT2D eigenvalue weighted by atomic mass is 10.3. The van der Waals surface area contributed by atoms with Crippen LogP contribution in [0.3, 0.4) is 0 Å². The number of carbonyl (C=O) groups is 1. The normalized spacial score (nSPS) is 10.2. The third kappa shape index (κ3) is 2.63. The summed E-state index contributed by atoms with van der Waals surface area (Å²) in [5.41, 5.74) is 0.749. The Morgan fingerprint density at radius 3 is 2.79 bits per heavy atom. The van der Waals surface area contributed by atoms with E-state index in [2.05, 4.69) is 26.2 Å². The first-order valence-electron chi connectivity index (χ1n) is 5.21. The smallest absolute Gasteiger partial charge is 0.323 e. The van der Waals surface area contributed by atoms with Crippen molar-refractivity contribution in [1.82, 2.24) is 9.55 Å². The van der Waals surface area contributed by atoms with Crippen LogP contribution in [0.5, 0.6) is 0 Å². The number of nitrogens with zero attached hydrogens (tertiary/aromatic N) is 3. The van der Waals surface area contributed by atoms with Gasteiger partial charge in [0.1, 0.15) is 0 Å². The van der Waals surface area contributed by atoms with Gasteiger partial charge in [-0.1, -0.05) is 0 Å². The third-order valence-corrected chi connectivity index (χ3v) is 3.17. The molecule has 1 amide bonds. The molecule has 0 aliphatic carbocycles. The molecule has 98 valence electrons. The number of anilines is 1. The summed E-state index contributed by atoms with van der Waals surface area (Å²) in [5.74, 6) is -0.568. The molecule has 19 heavy (non-hydrogen) atoms. The molecule has 2 aromatic heterocycles. The fourth-order valence-electron chi connectivity index (χ4n) is 1.57. The Kier molecular flexibility index (Phi) is 3.61. The molecule has 0 bridgehead atoms. The Bertz CT molecular complexity index is 653. The first-order valence-corrected chi connectivity index (χ1v) is 6.01. The van der Waals surface area contributed by atoms with E-state index in [0.29, 0.717) is 10.2 Å². The van der Waals surface area contributed by atoms with Crippen molar-refractivity contribution in [2.24, 2.45) is 7.05 Å². The van der Waals surface area contributed by atoms with E-state index in [1.54, 1.807) is 12.3 Å². The Balaban J connectivity index is 2.26. The topological polar surface area (TPSA) is 90.1 Å². The van der Waals surface area contributed by atoms with Crippen LogP contribution in [0.25, 0.3) is 0 Å². The van der Waals surface area contributed by atoms with Gasteiger partial charge in [-0.15, -0.1) is 0 Å². The van der Waals surface area contributed by atoms with Gasteiger partial charge in [0, 0.05) is 18.5 Å². The zero-order valence-electron chi connectivity index (χ0n) is 9.83. The maximum atomic E-state index is 12.0. The zero-order valence-corrected chi connectivity index (χ0v) is 11.4. The summed E-state index contributed by atoms with van der Waals surface area (Å²) in [4.78, 5) is 26.1. The van der Waals surface area contributed by atoms with Gasteiger partial charge in [-0.05, 0) is 33.0 Å². The van der Waals surface area contributed by atoms with E-state index in [0.717, 1.165) is 0 Å². The van der Waals surface area contributed by atoms with Crippen molar-refractivity contribution < 1.29 is 9.72 Å². The summed E-state index contributed by atoms with van der Waals surface area (Å²) in [6.45, 7) is 0. The van der Waals surface area contributed by atoms with E-state index >= 15 is 0 Å². The van der Waals surface area contributed by atoms with Crippen LogP contribution < -0.4 is 5.32 Å². The Morgan fingerprint density at radius 2 is 2.21 bits per heavy atom. The van der Waals surface area contributed by atoms with Crippen molar-refractivity contribution in [3.05, 3.63) is 50.9 Å². The monoisotopic (exact) mass is 324 g/mol. The third-order valence-electron chi connectivity index (χ3n) is 2.54. The molecule has 0 fully saturated rings. The summed E-state index contributed by atoms with van der Waals surface area (Å²) in [6.07, 6.45) is 3.08. The number of halogens is 1. The lowest BCUT2D eigenvalue weighted by molar-refractivity contribution is -0.391. The first-order chi connectivity index (χ1) is 9.00. The SMILES string of the molecule is Cn1c(C(=O)Nc2ccncc2Br)ccc1[N+](=O)[O-]. The largest absolute Gasteiger partial charge is 0.358 e. The quantitative estimate of drug-likeness (QED) is 0.693. The number of hydrogen-bond donors (Lipinski definition) is 1. The van der Waals surface area contributed by atoms with Crippen molar-refractivity contribution in [3.8, 4) is 0 Å². The molecular weight excluding hydrogens is 316 g/mol. The highest BCUT2D eigenvalue weighted by atomic mass is 79.9. The number of amides is 1. The molecule has 0 spiro atoms. The van der Waals surface area contributed by atoms with Crippen LogP contribution in [0.4, 0.5) is 11.5 Å². The minimum absolute atomic E-state index is 0.140. The van der Waals surface area contributed by atoms with Crippen molar-refractivity contribution in [2.45, 2.75) is 0 Å². The van der Waals surface area contributed by atoms with Crippen molar-refractivity contribution in [1.29, 1.82) is 0 Å². The van der Waals surface area contributed by atoms with E-state index in [1.807, 2.05) is 0 Å². The molecule has 0 aromatic carbocycles. The predicted octanol–water partition coefficient (Wildman–Crippen LogP) is 2.34. The fourth-order valence-corrected chi connectivity index (χ4v) is 1.92. The van der Waals surface area contributed by atoms with Crippen LogP contribution in [0.15, 0.2) is 35.1 Å². The summed E-state index contributed by atoms with van der Waals surface area (Å²) < 4.78 is 1.86. The summed E-state index contributed by atoms with van der Waals surface area (Å²) >= 11 is 3.25. The van der Waals surface area contributed by atoms with Crippen LogP contribution in [-0.4, -0.2) is 20.4 Å². The van der Waals surface area contributed by atoms with Crippen LogP contribution in [0, 0.1) is 10.1 Å². The van der Waals surface area contributed by atoms with Crippen LogP contribution >= 0.6 is 15.9 Å². The number of carbonyl (C=O) groups excluding carboxylic acids is 1.